The van der Waals surface area contributed by atoms with Crippen LogP contribution in [0.2, 0.25) is 0 Å². The second-order valence-corrected chi connectivity index (χ2v) is 5.06. The van der Waals surface area contributed by atoms with Gasteiger partial charge in [-0.15, -0.1) is 0 Å². The number of primary amides is 1. The lowest BCUT2D eigenvalue weighted by Crippen LogP contribution is -2.50. The van der Waals surface area contributed by atoms with E-state index in [0.717, 1.165) is 37.4 Å². The van der Waals surface area contributed by atoms with E-state index in [-0.39, 0.29) is 11.9 Å². The Morgan fingerprint density at radius 3 is 2.32 bits per heavy atom. The number of piperidine rings is 1. The van der Waals surface area contributed by atoms with Gasteiger partial charge in [-0.1, -0.05) is 13.8 Å². The summed E-state index contributed by atoms with van der Waals surface area (Å²) in [5.41, 5.74) is 5.56. The highest BCUT2D eigenvalue weighted by molar-refractivity contribution is 5.65. The van der Waals surface area contributed by atoms with Gasteiger partial charge in [0.15, 0.2) is 5.82 Å². The predicted octanol–water partition coefficient (Wildman–Crippen LogP) is 1.83. The van der Waals surface area contributed by atoms with Crippen molar-refractivity contribution in [3.63, 3.8) is 0 Å². The molecule has 1 aromatic heterocycles. The molecule has 1 amide bonds. The van der Waals surface area contributed by atoms with Crippen LogP contribution in [0.1, 0.15) is 33.6 Å². The quantitative estimate of drug-likeness (QED) is 0.742. The van der Waals surface area contributed by atoms with E-state index in [9.17, 15) is 0 Å². The third-order valence-electron chi connectivity index (χ3n) is 3.83. The van der Waals surface area contributed by atoms with Crippen molar-refractivity contribution in [1.82, 2.24) is 10.3 Å². The summed E-state index contributed by atoms with van der Waals surface area (Å²) in [4.78, 5) is 15.4. The Kier molecular flexibility index (Phi) is 9.95. The van der Waals surface area contributed by atoms with Crippen LogP contribution in [0.5, 0.6) is 0 Å². The van der Waals surface area contributed by atoms with Gasteiger partial charge in [0.1, 0.15) is 0 Å². The van der Waals surface area contributed by atoms with Crippen molar-refractivity contribution in [2.75, 3.05) is 37.4 Å². The maximum atomic E-state index is 8.58. The van der Waals surface area contributed by atoms with Crippen molar-refractivity contribution < 1.29 is 4.79 Å². The molecule has 22 heavy (non-hydrogen) atoms. The van der Waals surface area contributed by atoms with E-state index < -0.39 is 0 Å². The highest BCUT2D eigenvalue weighted by atomic mass is 16.1. The lowest BCUT2D eigenvalue weighted by molar-refractivity contribution is -0.106. The van der Waals surface area contributed by atoms with Gasteiger partial charge in [0.05, 0.1) is 5.69 Å². The average molecular weight is 309 g/mol. The van der Waals surface area contributed by atoms with Crippen LogP contribution in [-0.4, -0.2) is 44.1 Å². The number of nitrogens with one attached hydrogen (secondary N) is 2. The third-order valence-corrected chi connectivity index (χ3v) is 3.83. The summed E-state index contributed by atoms with van der Waals surface area (Å²) in [5, 5.41) is 6.63. The first kappa shape index (κ1) is 20.2. The van der Waals surface area contributed by atoms with Crippen LogP contribution >= 0.6 is 0 Å². The van der Waals surface area contributed by atoms with E-state index >= 15 is 0 Å². The molecule has 126 valence electrons. The highest BCUT2D eigenvalue weighted by Gasteiger charge is 2.29. The number of rotatable bonds is 3. The second kappa shape index (κ2) is 10.8. The molecular formula is C16H31N5O. The van der Waals surface area contributed by atoms with Crippen molar-refractivity contribution in [2.45, 2.75) is 39.2 Å². The number of carbonyl (C=O) groups is 1. The van der Waals surface area contributed by atoms with Gasteiger partial charge in [-0.25, -0.2) is 4.98 Å². The summed E-state index contributed by atoms with van der Waals surface area (Å²) in [7, 11) is 4.00. The van der Waals surface area contributed by atoms with Crippen LogP contribution < -0.4 is 21.3 Å². The first-order valence-electron chi connectivity index (χ1n) is 7.82. The smallest absolute Gasteiger partial charge is 0.204 e. The molecule has 0 spiro atoms. The molecule has 0 aliphatic carbocycles. The summed E-state index contributed by atoms with van der Waals surface area (Å²) in [6, 6.07) is 4.05. The Hall–Kier alpha value is -1.82. The zero-order valence-electron chi connectivity index (χ0n) is 14.5. The SMILES string of the molecule is CC.CNc1cccnc1N1CCC(C)(NC)CC1.NC=O. The first-order valence-corrected chi connectivity index (χ1v) is 7.82. The number of anilines is 2. The predicted molar refractivity (Wildman–Crippen MR) is 94.3 cm³/mol. The molecule has 0 radical (unpaired) electrons. The molecule has 6 nitrogen and oxygen atoms in total. The molecule has 1 aliphatic rings. The lowest BCUT2D eigenvalue weighted by atomic mass is 9.90. The number of nitrogens with two attached hydrogens (primary N) is 1. The van der Waals surface area contributed by atoms with Gasteiger partial charge in [0.2, 0.25) is 6.41 Å². The van der Waals surface area contributed by atoms with Gasteiger partial charge in [-0.3, -0.25) is 4.79 Å². The summed E-state index contributed by atoms with van der Waals surface area (Å²) < 4.78 is 0. The van der Waals surface area contributed by atoms with E-state index in [1.807, 2.05) is 33.2 Å². The summed E-state index contributed by atoms with van der Waals surface area (Å²) >= 11 is 0. The Balaban J connectivity index is 0.000000789. The number of nitrogens with zero attached hydrogens (tertiary/aromatic N) is 2. The van der Waals surface area contributed by atoms with Gasteiger partial charge >= 0.3 is 0 Å². The Morgan fingerprint density at radius 1 is 1.32 bits per heavy atom. The fourth-order valence-corrected chi connectivity index (χ4v) is 2.31. The minimum Gasteiger partial charge on any atom is -0.385 e. The van der Waals surface area contributed by atoms with Gasteiger partial charge in [-0.2, -0.15) is 0 Å². The molecule has 0 saturated carbocycles. The zero-order chi connectivity index (χ0) is 17.0. The van der Waals surface area contributed by atoms with Crippen LogP contribution in [0.15, 0.2) is 18.3 Å². The highest BCUT2D eigenvalue weighted by Crippen LogP contribution is 2.28. The van der Waals surface area contributed by atoms with Crippen molar-refractivity contribution in [3.8, 4) is 0 Å². The maximum Gasteiger partial charge on any atom is 0.204 e. The molecule has 4 N–H and O–H groups in total. The monoisotopic (exact) mass is 309 g/mol. The first-order chi connectivity index (χ1) is 10.6. The average Bonchev–Trinajstić information content (AvgIpc) is 2.58. The second-order valence-electron chi connectivity index (χ2n) is 5.06. The Labute approximate surface area is 134 Å². The van der Waals surface area contributed by atoms with Crippen LogP contribution in [-0.2, 0) is 4.79 Å². The van der Waals surface area contributed by atoms with Crippen molar-refractivity contribution in [2.24, 2.45) is 5.73 Å². The van der Waals surface area contributed by atoms with Crippen molar-refractivity contribution in [3.05, 3.63) is 18.3 Å². The molecule has 1 fully saturated rings. The number of carbonyl (C=O) groups excluding carboxylic acids is 1. The molecular weight excluding hydrogens is 278 g/mol. The van der Waals surface area contributed by atoms with E-state index in [1.165, 1.54) is 0 Å². The number of pyridine rings is 1. The van der Waals surface area contributed by atoms with Gasteiger partial charge < -0.3 is 21.3 Å². The minimum absolute atomic E-state index is 0.250. The van der Waals surface area contributed by atoms with Gasteiger partial charge in [-0.05, 0) is 38.9 Å². The fraction of sp³-hybridized carbons (Fsp3) is 0.625. The van der Waals surface area contributed by atoms with Gasteiger partial charge in [0.25, 0.3) is 0 Å². The molecule has 0 bridgehead atoms. The van der Waals surface area contributed by atoms with E-state index in [1.54, 1.807) is 0 Å². The summed E-state index contributed by atoms with van der Waals surface area (Å²) in [5.74, 6) is 1.08. The Morgan fingerprint density at radius 2 is 1.86 bits per heavy atom. The standard InChI is InChI=1S/C13H22N4.C2H6.CH3NO/c1-13(15-3)6-9-17(10-7-13)12-11(14-2)5-4-8-16-12;1-2;2-1-3/h4-5,8,14-15H,6-7,9-10H2,1-3H3;1-2H3;1H,(H2,2,3). The van der Waals surface area contributed by atoms with Crippen LogP contribution in [0.4, 0.5) is 11.5 Å². The normalized spacial score (nSPS) is 15.6. The molecule has 0 aromatic carbocycles. The van der Waals surface area contributed by atoms with E-state index in [2.05, 4.69) is 46.3 Å². The zero-order valence-corrected chi connectivity index (χ0v) is 14.5. The molecule has 0 atom stereocenters. The number of hydrogen-bond acceptors (Lipinski definition) is 5. The van der Waals surface area contributed by atoms with Crippen molar-refractivity contribution in [1.29, 1.82) is 0 Å². The molecule has 1 saturated heterocycles. The van der Waals surface area contributed by atoms with Crippen LogP contribution in [0.25, 0.3) is 0 Å². The topological polar surface area (TPSA) is 83.3 Å². The molecule has 0 unspecified atom stereocenters. The lowest BCUT2D eigenvalue weighted by Gasteiger charge is -2.40. The molecule has 6 heteroatoms. The molecule has 1 aliphatic heterocycles. The Bertz CT molecular complexity index is 417. The number of amides is 1. The molecule has 2 rings (SSSR count). The van der Waals surface area contributed by atoms with E-state index in [0.29, 0.717) is 0 Å². The minimum atomic E-state index is 0.250. The van der Waals surface area contributed by atoms with Gasteiger partial charge in [0, 0.05) is 31.9 Å². The van der Waals surface area contributed by atoms with Crippen LogP contribution in [0.3, 0.4) is 0 Å². The largest absolute Gasteiger partial charge is 0.385 e. The van der Waals surface area contributed by atoms with Crippen molar-refractivity contribution >= 4 is 17.9 Å². The number of aromatic nitrogens is 1. The van der Waals surface area contributed by atoms with Crippen LogP contribution in [0, 0.1) is 0 Å². The van der Waals surface area contributed by atoms with E-state index in [4.69, 9.17) is 4.79 Å². The molecule has 2 heterocycles. The summed E-state index contributed by atoms with van der Waals surface area (Å²) in [6.07, 6.45) is 4.43. The number of hydrogen-bond donors (Lipinski definition) is 3. The third kappa shape index (κ3) is 5.89. The fourth-order valence-electron chi connectivity index (χ4n) is 2.31. The summed E-state index contributed by atoms with van der Waals surface area (Å²) in [6.45, 7) is 8.41. The molecule has 1 aromatic rings. The maximum absolute atomic E-state index is 8.58.